The van der Waals surface area contributed by atoms with E-state index in [0.717, 1.165) is 17.1 Å². The second-order valence-electron chi connectivity index (χ2n) is 1.34. The molecule has 0 bridgehead atoms. The van der Waals surface area contributed by atoms with E-state index in [2.05, 4.69) is 15.9 Å². The van der Waals surface area contributed by atoms with Crippen LogP contribution in [0.3, 0.4) is 0 Å². The SMILES string of the molecule is O=P([O-])([O-])CSCCBr. The van der Waals surface area contributed by atoms with Crippen molar-refractivity contribution in [3.63, 3.8) is 0 Å². The van der Waals surface area contributed by atoms with Gasteiger partial charge in [0.25, 0.3) is 0 Å². The Bertz CT molecular complexity index is 114. The van der Waals surface area contributed by atoms with Crippen molar-refractivity contribution in [2.45, 2.75) is 0 Å². The van der Waals surface area contributed by atoms with E-state index < -0.39 is 7.60 Å². The first-order valence-electron chi connectivity index (χ1n) is 2.21. The fraction of sp³-hybridized carbons (Fsp3) is 1.00. The van der Waals surface area contributed by atoms with Gasteiger partial charge < -0.3 is 14.4 Å². The topological polar surface area (TPSA) is 63.2 Å². The van der Waals surface area contributed by atoms with E-state index in [0.29, 0.717) is 5.75 Å². The van der Waals surface area contributed by atoms with Crippen LogP contribution in [0, 0.1) is 0 Å². The lowest BCUT2D eigenvalue weighted by molar-refractivity contribution is -0.311. The van der Waals surface area contributed by atoms with Crippen LogP contribution in [0.1, 0.15) is 0 Å². The first-order chi connectivity index (χ1) is 4.06. The fourth-order valence-electron chi connectivity index (χ4n) is 0.231. The molecule has 0 heterocycles. The smallest absolute Gasteiger partial charge is 0.0212 e. The Labute approximate surface area is 66.5 Å². The van der Waals surface area contributed by atoms with Crippen molar-refractivity contribution in [1.82, 2.24) is 0 Å². The van der Waals surface area contributed by atoms with Crippen LogP contribution in [0.4, 0.5) is 0 Å². The summed E-state index contributed by atoms with van der Waals surface area (Å²) in [6, 6.07) is 0. The van der Waals surface area contributed by atoms with Gasteiger partial charge >= 0.3 is 0 Å². The van der Waals surface area contributed by atoms with Gasteiger partial charge in [0.05, 0.1) is 0 Å². The molecule has 0 aromatic rings. The van der Waals surface area contributed by atoms with Crippen LogP contribution in [0.5, 0.6) is 0 Å². The maximum atomic E-state index is 9.94. The summed E-state index contributed by atoms with van der Waals surface area (Å²) in [5.74, 6) is 0.661. The number of hydrogen-bond acceptors (Lipinski definition) is 4. The number of rotatable bonds is 4. The van der Waals surface area contributed by atoms with Gasteiger partial charge in [-0.1, -0.05) is 23.5 Å². The lowest BCUT2D eigenvalue weighted by Gasteiger charge is -2.28. The summed E-state index contributed by atoms with van der Waals surface area (Å²) in [6.45, 7) is 0. The molecule has 56 valence electrons. The first kappa shape index (κ1) is 9.98. The minimum Gasteiger partial charge on any atom is -0.810 e. The molecule has 9 heavy (non-hydrogen) atoms. The Morgan fingerprint density at radius 1 is 1.56 bits per heavy atom. The molecule has 0 N–H and O–H groups in total. The third kappa shape index (κ3) is 8.98. The monoisotopic (exact) mass is 232 g/mol. The van der Waals surface area contributed by atoms with Crippen LogP contribution >= 0.6 is 35.3 Å². The molecule has 3 nitrogen and oxygen atoms in total. The summed E-state index contributed by atoms with van der Waals surface area (Å²) in [4.78, 5) is 19.9. The molecule has 0 aromatic heterocycles. The zero-order valence-electron chi connectivity index (χ0n) is 4.58. The van der Waals surface area contributed by atoms with Gasteiger partial charge in [-0.25, -0.2) is 0 Å². The maximum Gasteiger partial charge on any atom is 0.0212 e. The first-order valence-corrected chi connectivity index (χ1v) is 6.21. The van der Waals surface area contributed by atoms with Crippen molar-refractivity contribution in [2.75, 3.05) is 16.6 Å². The number of thioether (sulfide) groups is 1. The number of alkyl halides is 1. The fourth-order valence-corrected chi connectivity index (χ4v) is 2.44. The van der Waals surface area contributed by atoms with E-state index in [4.69, 9.17) is 0 Å². The number of hydrogen-bond donors (Lipinski definition) is 0. The van der Waals surface area contributed by atoms with Gasteiger partial charge in [-0.3, -0.25) is 0 Å². The predicted molar refractivity (Wildman–Crippen MR) is 38.7 cm³/mol. The number of halogens is 1. The Morgan fingerprint density at radius 2 is 2.11 bits per heavy atom. The average molecular weight is 233 g/mol. The van der Waals surface area contributed by atoms with Gasteiger partial charge in [0.15, 0.2) is 0 Å². The van der Waals surface area contributed by atoms with Crippen molar-refractivity contribution >= 4 is 35.3 Å². The highest BCUT2D eigenvalue weighted by molar-refractivity contribution is 9.09. The second-order valence-corrected chi connectivity index (χ2v) is 5.20. The molecule has 0 atom stereocenters. The molecule has 6 heteroatoms. The van der Waals surface area contributed by atoms with E-state index in [1.54, 1.807) is 0 Å². The summed E-state index contributed by atoms with van der Waals surface area (Å²) < 4.78 is 9.94. The normalized spacial score (nSPS) is 11.9. The summed E-state index contributed by atoms with van der Waals surface area (Å²) in [5.41, 5.74) is -0.293. The summed E-state index contributed by atoms with van der Waals surface area (Å²) >= 11 is 4.23. The van der Waals surface area contributed by atoms with Crippen LogP contribution in [0.2, 0.25) is 0 Å². The molecule has 0 radical (unpaired) electrons. The van der Waals surface area contributed by atoms with Crippen LogP contribution in [-0.2, 0) is 4.57 Å². The third-order valence-electron chi connectivity index (χ3n) is 0.471. The molecule has 0 amide bonds. The van der Waals surface area contributed by atoms with Crippen LogP contribution in [0.25, 0.3) is 0 Å². The van der Waals surface area contributed by atoms with Gasteiger partial charge in [0, 0.05) is 16.6 Å². The van der Waals surface area contributed by atoms with Crippen LogP contribution in [-0.4, -0.2) is 16.6 Å². The Morgan fingerprint density at radius 3 is 2.44 bits per heavy atom. The minimum absolute atomic E-state index is 0.293. The van der Waals surface area contributed by atoms with Gasteiger partial charge in [0.2, 0.25) is 0 Å². The molecule has 0 unspecified atom stereocenters. The van der Waals surface area contributed by atoms with E-state index >= 15 is 0 Å². The van der Waals surface area contributed by atoms with Gasteiger partial charge in [-0.05, 0) is 0 Å². The van der Waals surface area contributed by atoms with E-state index in [9.17, 15) is 14.4 Å². The standard InChI is InChI=1S/C3H8BrO3PS/c4-1-2-9-3-8(5,6)7/h1-3H2,(H2,5,6,7)/p-2. The zero-order valence-corrected chi connectivity index (χ0v) is 7.88. The molecular weight excluding hydrogens is 227 g/mol. The Balaban J connectivity index is 3.18. The van der Waals surface area contributed by atoms with Crippen molar-refractivity contribution in [3.8, 4) is 0 Å². The maximum absolute atomic E-state index is 9.94. The average Bonchev–Trinajstić information content (AvgIpc) is 1.63. The highest BCUT2D eigenvalue weighted by Crippen LogP contribution is 2.28. The lowest BCUT2D eigenvalue weighted by Crippen LogP contribution is -2.15. The van der Waals surface area contributed by atoms with Crippen molar-refractivity contribution in [2.24, 2.45) is 0 Å². The quantitative estimate of drug-likeness (QED) is 0.389. The van der Waals surface area contributed by atoms with Crippen molar-refractivity contribution < 1.29 is 14.4 Å². The molecule has 0 rings (SSSR count). The van der Waals surface area contributed by atoms with Crippen molar-refractivity contribution in [1.29, 1.82) is 0 Å². The predicted octanol–water partition coefficient (Wildman–Crippen LogP) is -0.0143. The third-order valence-corrected chi connectivity index (χ3v) is 3.88. The van der Waals surface area contributed by atoms with Gasteiger partial charge in [-0.2, -0.15) is 11.8 Å². The van der Waals surface area contributed by atoms with E-state index in [-0.39, 0.29) is 5.49 Å². The Hall–Kier alpha value is 0.980. The highest BCUT2D eigenvalue weighted by atomic mass is 79.9. The molecule has 0 aliphatic rings. The zero-order chi connectivity index (χ0) is 7.33. The van der Waals surface area contributed by atoms with Crippen molar-refractivity contribution in [3.05, 3.63) is 0 Å². The summed E-state index contributed by atoms with van der Waals surface area (Å²) in [7, 11) is -4.25. The minimum atomic E-state index is -4.25. The molecule has 0 fully saturated rings. The molecule has 0 spiro atoms. The highest BCUT2D eigenvalue weighted by Gasteiger charge is 1.89. The second kappa shape index (κ2) is 4.74. The van der Waals surface area contributed by atoms with E-state index in [1.165, 1.54) is 0 Å². The molecule has 0 saturated carbocycles. The molecule has 0 saturated heterocycles. The summed E-state index contributed by atoms with van der Waals surface area (Å²) in [5, 5.41) is 0.720. The largest absolute Gasteiger partial charge is 0.810 e. The van der Waals surface area contributed by atoms with E-state index in [1.807, 2.05) is 0 Å². The lowest BCUT2D eigenvalue weighted by atomic mass is 11.0. The van der Waals surface area contributed by atoms with Crippen LogP contribution in [0.15, 0.2) is 0 Å². The molecule has 0 aliphatic carbocycles. The van der Waals surface area contributed by atoms with Gasteiger partial charge in [-0.15, -0.1) is 0 Å². The van der Waals surface area contributed by atoms with Gasteiger partial charge in [0.1, 0.15) is 0 Å². The molecule has 0 aliphatic heterocycles. The molecular formula is C3H6BrO3PS-2. The summed E-state index contributed by atoms with van der Waals surface area (Å²) in [6.07, 6.45) is 0. The molecule has 0 aromatic carbocycles. The Kier molecular flexibility index (Phi) is 5.26. The van der Waals surface area contributed by atoms with Crippen LogP contribution < -0.4 is 9.79 Å².